The van der Waals surface area contributed by atoms with E-state index in [9.17, 15) is 4.79 Å². The van der Waals surface area contributed by atoms with Gasteiger partial charge in [-0.25, -0.2) is 0 Å². The molecule has 0 atom stereocenters. The van der Waals surface area contributed by atoms with E-state index in [1.807, 2.05) is 30.0 Å². The molecule has 0 unspecified atom stereocenters. The Morgan fingerprint density at radius 1 is 1.17 bits per heavy atom. The fraction of sp³-hybridized carbons (Fsp3) is 0.632. The summed E-state index contributed by atoms with van der Waals surface area (Å²) in [5, 5.41) is 3.17. The van der Waals surface area contributed by atoms with Gasteiger partial charge in [-0.3, -0.25) is 4.79 Å². The highest BCUT2D eigenvalue weighted by Gasteiger charge is 2.29. The molecule has 5 nitrogen and oxygen atoms in total. The topological polar surface area (TPSA) is 50.8 Å². The second-order valence-corrected chi connectivity index (χ2v) is 6.18. The summed E-state index contributed by atoms with van der Waals surface area (Å²) in [6, 6.07) is 5.99. The number of hydrogen-bond donors (Lipinski definition) is 1. The zero-order chi connectivity index (χ0) is 17.4. The lowest BCUT2D eigenvalue weighted by Crippen LogP contribution is -2.52. The summed E-state index contributed by atoms with van der Waals surface area (Å²) in [6.07, 6.45) is 1.92. The Morgan fingerprint density at radius 3 is 2.54 bits per heavy atom. The van der Waals surface area contributed by atoms with Gasteiger partial charge in [-0.1, -0.05) is 19.9 Å². The molecule has 1 aliphatic heterocycles. The van der Waals surface area contributed by atoms with Crippen molar-refractivity contribution in [2.75, 3.05) is 32.8 Å². The molecule has 0 saturated carbocycles. The number of amides is 1. The van der Waals surface area contributed by atoms with E-state index < -0.39 is 0 Å². The Labute approximate surface area is 145 Å². The summed E-state index contributed by atoms with van der Waals surface area (Å²) in [4.78, 5) is 14.5. The van der Waals surface area contributed by atoms with E-state index in [-0.39, 0.29) is 11.8 Å². The van der Waals surface area contributed by atoms with Crippen molar-refractivity contribution in [2.45, 2.75) is 40.2 Å². The normalized spacial score (nSPS) is 14.1. The van der Waals surface area contributed by atoms with Gasteiger partial charge in [0.2, 0.25) is 5.91 Å². The van der Waals surface area contributed by atoms with Gasteiger partial charge in [-0.05, 0) is 37.5 Å². The van der Waals surface area contributed by atoms with Crippen LogP contribution >= 0.6 is 0 Å². The lowest BCUT2D eigenvalue weighted by molar-refractivity contribution is -0.137. The Balaban J connectivity index is 2.10. The van der Waals surface area contributed by atoms with E-state index >= 15 is 0 Å². The average Bonchev–Trinajstić information content (AvgIpc) is 2.52. The maximum atomic E-state index is 12.6. The molecule has 2 rings (SSSR count). The molecular weight excluding hydrogens is 304 g/mol. The molecule has 1 aliphatic rings. The van der Waals surface area contributed by atoms with Crippen molar-refractivity contribution >= 4 is 5.91 Å². The fourth-order valence-electron chi connectivity index (χ4n) is 2.73. The third kappa shape index (κ3) is 4.87. The van der Waals surface area contributed by atoms with Crippen LogP contribution < -0.4 is 14.8 Å². The van der Waals surface area contributed by atoms with E-state index in [0.29, 0.717) is 19.8 Å². The first kappa shape index (κ1) is 18.6. The largest absolute Gasteiger partial charge is 0.490 e. The smallest absolute Gasteiger partial charge is 0.228 e. The second kappa shape index (κ2) is 9.52. The van der Waals surface area contributed by atoms with Crippen molar-refractivity contribution in [2.24, 2.45) is 5.92 Å². The number of nitrogens with zero attached hydrogens (tertiary/aromatic N) is 1. The van der Waals surface area contributed by atoms with Crippen LogP contribution in [0.2, 0.25) is 0 Å². The number of rotatable bonds is 10. The fourth-order valence-corrected chi connectivity index (χ4v) is 2.73. The number of ether oxygens (including phenoxy) is 2. The molecule has 0 bridgehead atoms. The highest BCUT2D eigenvalue weighted by atomic mass is 16.5. The van der Waals surface area contributed by atoms with Gasteiger partial charge in [0.15, 0.2) is 11.5 Å². The van der Waals surface area contributed by atoms with Crippen LogP contribution in [-0.4, -0.2) is 43.7 Å². The van der Waals surface area contributed by atoms with Crippen LogP contribution in [0.5, 0.6) is 11.5 Å². The minimum atomic E-state index is 0.134. The van der Waals surface area contributed by atoms with Crippen LogP contribution in [0.3, 0.4) is 0 Å². The molecule has 134 valence electrons. The molecule has 1 heterocycles. The number of benzene rings is 1. The quantitative estimate of drug-likeness (QED) is 0.715. The molecule has 5 heteroatoms. The maximum Gasteiger partial charge on any atom is 0.228 e. The van der Waals surface area contributed by atoms with Gasteiger partial charge in [-0.15, -0.1) is 0 Å². The van der Waals surface area contributed by atoms with Crippen molar-refractivity contribution in [1.82, 2.24) is 10.2 Å². The highest BCUT2D eigenvalue weighted by Crippen LogP contribution is 2.29. The Bertz CT molecular complexity index is 529. The van der Waals surface area contributed by atoms with Gasteiger partial charge in [-0.2, -0.15) is 0 Å². The summed E-state index contributed by atoms with van der Waals surface area (Å²) < 4.78 is 11.5. The van der Waals surface area contributed by atoms with Crippen molar-refractivity contribution in [3.8, 4) is 11.5 Å². The van der Waals surface area contributed by atoms with Crippen LogP contribution in [0.25, 0.3) is 0 Å². The molecule has 1 N–H and O–H groups in total. The average molecular weight is 334 g/mol. The molecule has 0 radical (unpaired) electrons. The number of carbonyl (C=O) groups excluding carboxylic acids is 1. The predicted molar refractivity (Wildman–Crippen MR) is 95.5 cm³/mol. The molecule has 1 aromatic rings. The van der Waals surface area contributed by atoms with Gasteiger partial charge in [0.25, 0.3) is 0 Å². The van der Waals surface area contributed by atoms with E-state index in [1.54, 1.807) is 0 Å². The Morgan fingerprint density at radius 2 is 1.96 bits per heavy atom. The van der Waals surface area contributed by atoms with Crippen molar-refractivity contribution < 1.29 is 14.3 Å². The van der Waals surface area contributed by atoms with Crippen LogP contribution in [0.15, 0.2) is 18.2 Å². The third-order valence-corrected chi connectivity index (χ3v) is 4.08. The molecule has 1 aromatic carbocycles. The minimum Gasteiger partial charge on any atom is -0.490 e. The van der Waals surface area contributed by atoms with Gasteiger partial charge in [0.1, 0.15) is 0 Å². The zero-order valence-electron chi connectivity index (χ0n) is 15.1. The minimum absolute atomic E-state index is 0.134. The lowest BCUT2D eigenvalue weighted by atomic mass is 10.0. The zero-order valence-corrected chi connectivity index (χ0v) is 15.1. The van der Waals surface area contributed by atoms with Crippen LogP contribution in [0.4, 0.5) is 0 Å². The first-order valence-electron chi connectivity index (χ1n) is 9.07. The summed E-state index contributed by atoms with van der Waals surface area (Å²) in [7, 11) is 0. The van der Waals surface area contributed by atoms with E-state index in [1.165, 1.54) is 0 Å². The Kier molecular flexibility index (Phi) is 7.37. The molecule has 0 spiro atoms. The molecule has 1 amide bonds. The first-order chi connectivity index (χ1) is 11.7. The number of hydrogen-bond acceptors (Lipinski definition) is 4. The lowest BCUT2D eigenvalue weighted by Gasteiger charge is -2.32. The van der Waals surface area contributed by atoms with Crippen molar-refractivity contribution in [3.05, 3.63) is 23.8 Å². The van der Waals surface area contributed by atoms with Crippen molar-refractivity contribution in [3.63, 3.8) is 0 Å². The molecular formula is C19H30N2O3. The van der Waals surface area contributed by atoms with Crippen LogP contribution in [-0.2, 0) is 11.3 Å². The molecule has 1 fully saturated rings. The van der Waals surface area contributed by atoms with Gasteiger partial charge in [0.05, 0.1) is 19.1 Å². The standard InChI is InChI=1S/C19H30N2O3/c1-4-9-21(19(22)16-12-20-13-16)14-15-7-8-17(24-10-5-2)18(11-15)23-6-3/h7-8,11,16,20H,4-6,9-10,12-14H2,1-3H3. The molecule has 1 saturated heterocycles. The Hall–Kier alpha value is -1.75. The maximum absolute atomic E-state index is 12.6. The number of carbonyl (C=O) groups is 1. The third-order valence-electron chi connectivity index (χ3n) is 4.08. The van der Waals surface area contributed by atoms with E-state index in [4.69, 9.17) is 9.47 Å². The van der Waals surface area contributed by atoms with E-state index in [0.717, 1.165) is 49.5 Å². The van der Waals surface area contributed by atoms with Gasteiger partial charge in [0, 0.05) is 26.2 Å². The van der Waals surface area contributed by atoms with Crippen LogP contribution in [0, 0.1) is 5.92 Å². The predicted octanol–water partition coefficient (Wildman–Crippen LogP) is 2.83. The first-order valence-corrected chi connectivity index (χ1v) is 9.07. The monoisotopic (exact) mass is 334 g/mol. The molecule has 0 aliphatic carbocycles. The summed E-state index contributed by atoms with van der Waals surface area (Å²) in [5.41, 5.74) is 1.08. The second-order valence-electron chi connectivity index (χ2n) is 6.18. The van der Waals surface area contributed by atoms with Crippen LogP contribution in [0.1, 0.15) is 39.2 Å². The molecule has 24 heavy (non-hydrogen) atoms. The molecule has 0 aromatic heterocycles. The number of nitrogens with one attached hydrogen (secondary N) is 1. The van der Waals surface area contributed by atoms with Gasteiger partial charge < -0.3 is 19.7 Å². The van der Waals surface area contributed by atoms with E-state index in [2.05, 4.69) is 19.2 Å². The van der Waals surface area contributed by atoms with Crippen molar-refractivity contribution in [1.29, 1.82) is 0 Å². The summed E-state index contributed by atoms with van der Waals surface area (Å²) in [6.45, 7) is 10.4. The summed E-state index contributed by atoms with van der Waals surface area (Å²) >= 11 is 0. The summed E-state index contributed by atoms with van der Waals surface area (Å²) in [5.74, 6) is 1.92. The van der Waals surface area contributed by atoms with Gasteiger partial charge >= 0.3 is 0 Å². The highest BCUT2D eigenvalue weighted by molar-refractivity contribution is 5.80. The SMILES string of the molecule is CCCOc1ccc(CN(CCC)C(=O)C2CNC2)cc1OCC.